The van der Waals surface area contributed by atoms with Crippen molar-refractivity contribution in [1.29, 1.82) is 0 Å². The molecule has 0 atom stereocenters. The molecule has 1 amide bonds. The number of hydrogen-bond acceptors (Lipinski definition) is 3. The van der Waals surface area contributed by atoms with Crippen LogP contribution in [0.3, 0.4) is 0 Å². The molecule has 0 spiro atoms. The molecular formula is C16H17Cl2N3O. The van der Waals surface area contributed by atoms with Gasteiger partial charge in [-0.25, -0.2) is 0 Å². The molecule has 1 heterocycles. The number of anilines is 2. The molecule has 0 aliphatic rings. The fraction of sp³-hybridized carbons (Fsp3) is 0.250. The zero-order valence-corrected chi connectivity index (χ0v) is 14.1. The normalized spacial score (nSPS) is 11.1. The number of halogens is 2. The quantitative estimate of drug-likeness (QED) is 0.841. The smallest absolute Gasteiger partial charge is 0.257 e. The number of pyridine rings is 1. The van der Waals surface area contributed by atoms with Crippen LogP contribution in [0.15, 0.2) is 36.7 Å². The molecule has 22 heavy (non-hydrogen) atoms. The highest BCUT2D eigenvalue weighted by atomic mass is 35.5. The number of carbonyl (C=O) groups is 1. The molecule has 1 aromatic carbocycles. The highest BCUT2D eigenvalue weighted by Gasteiger charge is 2.12. The average molecular weight is 338 g/mol. The maximum atomic E-state index is 12.3. The van der Waals surface area contributed by atoms with Crippen molar-refractivity contribution in [2.75, 3.05) is 10.6 Å². The zero-order valence-electron chi connectivity index (χ0n) is 12.6. The first-order valence-electron chi connectivity index (χ1n) is 6.74. The van der Waals surface area contributed by atoms with E-state index in [-0.39, 0.29) is 11.4 Å². The number of nitrogens with one attached hydrogen (secondary N) is 2. The lowest BCUT2D eigenvalue weighted by atomic mass is 10.1. The van der Waals surface area contributed by atoms with Crippen LogP contribution in [0.1, 0.15) is 31.1 Å². The van der Waals surface area contributed by atoms with Crippen LogP contribution in [-0.2, 0) is 0 Å². The Hall–Kier alpha value is -1.78. The number of aromatic nitrogens is 1. The second-order valence-corrected chi connectivity index (χ2v) is 6.82. The summed E-state index contributed by atoms with van der Waals surface area (Å²) in [4.78, 5) is 16.4. The summed E-state index contributed by atoms with van der Waals surface area (Å²) in [6, 6.07) is 6.62. The van der Waals surface area contributed by atoms with Crippen molar-refractivity contribution in [2.45, 2.75) is 26.3 Å². The Morgan fingerprint density at radius 3 is 2.23 bits per heavy atom. The van der Waals surface area contributed by atoms with Crippen molar-refractivity contribution in [3.8, 4) is 0 Å². The van der Waals surface area contributed by atoms with Gasteiger partial charge in [-0.05, 0) is 45.0 Å². The van der Waals surface area contributed by atoms with Crippen LogP contribution >= 0.6 is 23.2 Å². The van der Waals surface area contributed by atoms with Crippen LogP contribution in [0.25, 0.3) is 0 Å². The topological polar surface area (TPSA) is 54.0 Å². The minimum Gasteiger partial charge on any atom is -0.379 e. The van der Waals surface area contributed by atoms with Gasteiger partial charge in [0.15, 0.2) is 0 Å². The summed E-state index contributed by atoms with van der Waals surface area (Å²) in [6.45, 7) is 6.11. The van der Waals surface area contributed by atoms with Gasteiger partial charge in [0.05, 0.1) is 11.3 Å². The maximum Gasteiger partial charge on any atom is 0.257 e. The molecule has 0 unspecified atom stereocenters. The Morgan fingerprint density at radius 1 is 1.00 bits per heavy atom. The fourth-order valence-electron chi connectivity index (χ4n) is 1.89. The minimum atomic E-state index is -0.275. The van der Waals surface area contributed by atoms with Crippen molar-refractivity contribution >= 4 is 40.5 Å². The zero-order chi connectivity index (χ0) is 16.3. The van der Waals surface area contributed by atoms with Gasteiger partial charge in [0.25, 0.3) is 5.91 Å². The Morgan fingerprint density at radius 2 is 1.64 bits per heavy atom. The van der Waals surface area contributed by atoms with E-state index in [1.807, 2.05) is 20.8 Å². The molecule has 116 valence electrons. The van der Waals surface area contributed by atoms with Crippen LogP contribution in [0.5, 0.6) is 0 Å². The summed E-state index contributed by atoms with van der Waals surface area (Å²) >= 11 is 11.8. The van der Waals surface area contributed by atoms with Crippen molar-refractivity contribution < 1.29 is 4.79 Å². The van der Waals surface area contributed by atoms with Gasteiger partial charge in [0.1, 0.15) is 0 Å². The number of nitrogens with zero attached hydrogens (tertiary/aromatic N) is 1. The van der Waals surface area contributed by atoms with Crippen LogP contribution in [0, 0.1) is 0 Å². The second kappa shape index (κ2) is 6.55. The van der Waals surface area contributed by atoms with Crippen molar-refractivity contribution in [1.82, 2.24) is 4.98 Å². The van der Waals surface area contributed by atoms with Gasteiger partial charge in [-0.2, -0.15) is 0 Å². The highest BCUT2D eigenvalue weighted by molar-refractivity contribution is 6.35. The standard InChI is InChI=1S/C16H17Cl2N3O/c1-16(2,3)21-14-4-10(8-19-9-14)15(22)20-13-6-11(17)5-12(18)7-13/h4-9,21H,1-3H3,(H,20,22). The van der Waals surface area contributed by atoms with E-state index in [9.17, 15) is 4.79 Å². The van der Waals surface area contributed by atoms with Crippen LogP contribution in [0.2, 0.25) is 10.0 Å². The molecule has 0 aliphatic heterocycles. The molecule has 6 heteroatoms. The molecule has 0 aliphatic carbocycles. The Balaban J connectivity index is 2.17. The van der Waals surface area contributed by atoms with Crippen molar-refractivity contribution in [2.24, 2.45) is 0 Å². The van der Waals surface area contributed by atoms with E-state index < -0.39 is 0 Å². The Labute approximate surface area is 139 Å². The van der Waals surface area contributed by atoms with Gasteiger partial charge in [0, 0.05) is 33.7 Å². The lowest BCUT2D eigenvalue weighted by Crippen LogP contribution is -2.26. The summed E-state index contributed by atoms with van der Waals surface area (Å²) in [7, 11) is 0. The van der Waals surface area contributed by atoms with Gasteiger partial charge in [0.2, 0.25) is 0 Å². The first-order valence-corrected chi connectivity index (χ1v) is 7.49. The Kier molecular flexibility index (Phi) is 4.94. The third-order valence-electron chi connectivity index (χ3n) is 2.64. The molecule has 0 fully saturated rings. The summed E-state index contributed by atoms with van der Waals surface area (Å²) in [5.41, 5.74) is 1.66. The van der Waals surface area contributed by atoms with Crippen LogP contribution in [0.4, 0.5) is 11.4 Å². The third kappa shape index (κ3) is 4.90. The number of benzene rings is 1. The summed E-state index contributed by atoms with van der Waals surface area (Å²) in [5, 5.41) is 6.95. The van der Waals surface area contributed by atoms with Gasteiger partial charge in [-0.15, -0.1) is 0 Å². The van der Waals surface area contributed by atoms with Crippen LogP contribution in [-0.4, -0.2) is 16.4 Å². The predicted molar refractivity (Wildman–Crippen MR) is 92.0 cm³/mol. The molecule has 2 N–H and O–H groups in total. The molecule has 2 aromatic rings. The molecular weight excluding hydrogens is 321 g/mol. The van der Waals surface area contributed by atoms with Gasteiger partial charge in [-0.1, -0.05) is 23.2 Å². The predicted octanol–water partition coefficient (Wildman–Crippen LogP) is 4.85. The second-order valence-electron chi connectivity index (χ2n) is 5.95. The molecule has 4 nitrogen and oxygen atoms in total. The van der Waals surface area contributed by atoms with E-state index in [2.05, 4.69) is 15.6 Å². The molecule has 0 bridgehead atoms. The monoisotopic (exact) mass is 337 g/mol. The molecule has 2 rings (SSSR count). The molecule has 1 aromatic heterocycles. The lowest BCUT2D eigenvalue weighted by molar-refractivity contribution is 0.102. The average Bonchev–Trinajstić information content (AvgIpc) is 2.35. The summed E-state index contributed by atoms with van der Waals surface area (Å²) in [6.07, 6.45) is 3.19. The SMILES string of the molecule is CC(C)(C)Nc1cncc(C(=O)Nc2cc(Cl)cc(Cl)c2)c1. The van der Waals surface area contributed by atoms with Crippen molar-refractivity contribution in [3.05, 3.63) is 52.3 Å². The van der Waals surface area contributed by atoms with E-state index in [0.717, 1.165) is 5.69 Å². The van der Waals surface area contributed by atoms with E-state index in [1.54, 1.807) is 30.5 Å². The van der Waals surface area contributed by atoms with Gasteiger partial charge < -0.3 is 10.6 Å². The van der Waals surface area contributed by atoms with Crippen molar-refractivity contribution in [3.63, 3.8) is 0 Å². The van der Waals surface area contributed by atoms with Crippen LogP contribution < -0.4 is 10.6 Å². The Bertz CT molecular complexity index is 676. The highest BCUT2D eigenvalue weighted by Crippen LogP contribution is 2.23. The summed E-state index contributed by atoms with van der Waals surface area (Å²) in [5.74, 6) is -0.275. The van der Waals surface area contributed by atoms with Gasteiger partial charge >= 0.3 is 0 Å². The lowest BCUT2D eigenvalue weighted by Gasteiger charge is -2.22. The summed E-state index contributed by atoms with van der Waals surface area (Å²) < 4.78 is 0. The fourth-order valence-corrected chi connectivity index (χ4v) is 2.42. The number of hydrogen-bond donors (Lipinski definition) is 2. The third-order valence-corrected chi connectivity index (χ3v) is 3.08. The first kappa shape index (κ1) is 16.6. The maximum absolute atomic E-state index is 12.3. The molecule has 0 saturated carbocycles. The van der Waals surface area contributed by atoms with E-state index in [0.29, 0.717) is 21.3 Å². The minimum absolute atomic E-state index is 0.114. The van der Waals surface area contributed by atoms with E-state index >= 15 is 0 Å². The molecule has 0 radical (unpaired) electrons. The largest absolute Gasteiger partial charge is 0.379 e. The van der Waals surface area contributed by atoms with E-state index in [1.165, 1.54) is 6.20 Å². The number of carbonyl (C=O) groups excluding carboxylic acids is 1. The first-order chi connectivity index (χ1) is 10.2. The molecule has 0 saturated heterocycles. The number of rotatable bonds is 3. The number of amides is 1. The van der Waals surface area contributed by atoms with Gasteiger partial charge in [-0.3, -0.25) is 9.78 Å². The van der Waals surface area contributed by atoms with E-state index in [4.69, 9.17) is 23.2 Å².